The number of nitrogens with zero attached hydrogens (tertiary/aromatic N) is 9. The molecule has 0 spiro atoms. The van der Waals surface area contributed by atoms with Crippen LogP contribution in [0.1, 0.15) is 68.0 Å². The van der Waals surface area contributed by atoms with Gasteiger partial charge in [0, 0.05) is 62.3 Å². The molecule has 1 aliphatic carbocycles. The van der Waals surface area contributed by atoms with E-state index in [0.29, 0.717) is 5.69 Å². The third kappa shape index (κ3) is 5.79. The molecule has 10 nitrogen and oxygen atoms in total. The summed E-state index contributed by atoms with van der Waals surface area (Å²) in [6, 6.07) is 6.84. The molecule has 1 saturated carbocycles. The van der Waals surface area contributed by atoms with E-state index in [-0.39, 0.29) is 17.7 Å². The number of piperazine rings is 1. The Bertz CT molecular complexity index is 1550. The lowest BCUT2D eigenvalue weighted by Gasteiger charge is -2.36. The number of aromatic nitrogens is 7. The highest BCUT2D eigenvalue weighted by Gasteiger charge is 2.31. The Balaban J connectivity index is 1.18. The lowest BCUT2D eigenvalue weighted by atomic mass is 10.1. The molecule has 1 aliphatic heterocycles. The van der Waals surface area contributed by atoms with Crippen molar-refractivity contribution in [1.82, 2.24) is 39.6 Å². The van der Waals surface area contributed by atoms with E-state index in [1.807, 2.05) is 42.3 Å². The fraction of sp³-hybridized carbons (Fsp3) is 0.484. The van der Waals surface area contributed by atoms with Crippen LogP contribution in [0.2, 0.25) is 0 Å². The minimum absolute atomic E-state index is 0.0283. The van der Waals surface area contributed by atoms with Crippen molar-refractivity contribution in [2.45, 2.75) is 71.9 Å². The molecule has 0 atom stereocenters. The summed E-state index contributed by atoms with van der Waals surface area (Å²) in [5, 5.41) is 13.5. The first-order chi connectivity index (χ1) is 19.7. The number of hydrogen-bond donors (Lipinski definition) is 0. The molecular formula is C31H39N9O. The monoisotopic (exact) mass is 553 g/mol. The van der Waals surface area contributed by atoms with Gasteiger partial charge in [0.15, 0.2) is 5.78 Å². The van der Waals surface area contributed by atoms with Crippen LogP contribution in [0, 0.1) is 6.92 Å². The van der Waals surface area contributed by atoms with Crippen molar-refractivity contribution in [3.8, 4) is 16.9 Å². The second kappa shape index (κ2) is 10.8. The summed E-state index contributed by atoms with van der Waals surface area (Å²) in [7, 11) is 0. The third-order valence-electron chi connectivity index (χ3n) is 8.05. The Labute approximate surface area is 241 Å². The average molecular weight is 554 g/mol. The van der Waals surface area contributed by atoms with Gasteiger partial charge < -0.3 is 4.90 Å². The summed E-state index contributed by atoms with van der Waals surface area (Å²) < 4.78 is 3.68. The van der Waals surface area contributed by atoms with Crippen molar-refractivity contribution in [2.75, 3.05) is 31.1 Å². The van der Waals surface area contributed by atoms with Crippen LogP contribution in [0.5, 0.6) is 0 Å². The highest BCUT2D eigenvalue weighted by atomic mass is 16.1. The van der Waals surface area contributed by atoms with Crippen molar-refractivity contribution in [3.05, 3.63) is 65.6 Å². The van der Waals surface area contributed by atoms with Gasteiger partial charge in [0.25, 0.3) is 0 Å². The Morgan fingerprint density at radius 2 is 1.80 bits per heavy atom. The maximum atomic E-state index is 13.2. The molecule has 5 heterocycles. The van der Waals surface area contributed by atoms with E-state index in [1.54, 1.807) is 10.9 Å². The van der Waals surface area contributed by atoms with Crippen molar-refractivity contribution in [1.29, 1.82) is 0 Å². The van der Waals surface area contributed by atoms with Gasteiger partial charge in [-0.1, -0.05) is 12.1 Å². The molecule has 214 valence electrons. The Hall–Kier alpha value is -3.92. The van der Waals surface area contributed by atoms with Gasteiger partial charge in [-0.2, -0.15) is 5.10 Å². The van der Waals surface area contributed by atoms with E-state index in [4.69, 9.17) is 0 Å². The second-order valence-corrected chi connectivity index (χ2v) is 12.2. The van der Waals surface area contributed by atoms with Crippen molar-refractivity contribution < 1.29 is 4.79 Å². The summed E-state index contributed by atoms with van der Waals surface area (Å²) in [6.45, 7) is 14.5. The molecular weight excluding hydrogens is 514 g/mol. The van der Waals surface area contributed by atoms with Gasteiger partial charge in [-0.25, -0.2) is 4.68 Å². The van der Waals surface area contributed by atoms with Crippen molar-refractivity contribution in [3.63, 3.8) is 0 Å². The van der Waals surface area contributed by atoms with Crippen LogP contribution >= 0.6 is 0 Å². The van der Waals surface area contributed by atoms with Crippen LogP contribution in [-0.2, 0) is 18.4 Å². The van der Waals surface area contributed by atoms with E-state index in [0.717, 1.165) is 78.2 Å². The summed E-state index contributed by atoms with van der Waals surface area (Å²) >= 11 is 0. The Morgan fingerprint density at radius 3 is 2.49 bits per heavy atom. The van der Waals surface area contributed by atoms with Gasteiger partial charge in [-0.05, 0) is 70.7 Å². The largest absolute Gasteiger partial charge is 0.368 e. The SMILES string of the molecule is CCc1cc(C(=O)Cc2cnc(C)c(-n3cc(-c4cncc(N5CCN(C6CC6)CC5)c4)nn3)c2)nn1C(C)(C)C. The molecule has 0 radical (unpaired) electrons. The molecule has 6 rings (SSSR count). The molecule has 2 aliphatic rings. The quantitative estimate of drug-likeness (QED) is 0.299. The molecule has 4 aromatic heterocycles. The van der Waals surface area contributed by atoms with E-state index in [1.165, 1.54) is 12.8 Å². The maximum Gasteiger partial charge on any atom is 0.187 e. The van der Waals surface area contributed by atoms with Crippen LogP contribution in [-0.4, -0.2) is 77.6 Å². The zero-order valence-corrected chi connectivity index (χ0v) is 24.7. The number of Topliss-reactive ketones (excluding diaryl/α,β-unsaturated/α-hetero) is 1. The average Bonchev–Trinajstić information content (AvgIpc) is 3.51. The predicted octanol–water partition coefficient (Wildman–Crippen LogP) is 4.26. The van der Waals surface area contributed by atoms with Gasteiger partial charge >= 0.3 is 0 Å². The van der Waals surface area contributed by atoms with E-state index >= 15 is 0 Å². The van der Waals surface area contributed by atoms with Gasteiger partial charge in [0.05, 0.1) is 35.0 Å². The van der Waals surface area contributed by atoms with E-state index < -0.39 is 0 Å². The predicted molar refractivity (Wildman–Crippen MR) is 159 cm³/mol. The number of pyridine rings is 2. The molecule has 4 aromatic rings. The summed E-state index contributed by atoms with van der Waals surface area (Å²) in [5.41, 5.74) is 6.56. The lowest BCUT2D eigenvalue weighted by Crippen LogP contribution is -2.47. The number of anilines is 1. The van der Waals surface area contributed by atoms with Crippen molar-refractivity contribution in [2.24, 2.45) is 0 Å². The van der Waals surface area contributed by atoms with Crippen LogP contribution < -0.4 is 4.90 Å². The van der Waals surface area contributed by atoms with E-state index in [9.17, 15) is 4.79 Å². The highest BCUT2D eigenvalue weighted by molar-refractivity contribution is 5.95. The van der Waals surface area contributed by atoms with Gasteiger partial charge in [0.2, 0.25) is 0 Å². The standard InChI is InChI=1S/C31H39N9O/c1-6-24-16-27(35-40(24)31(3,4)5)30(41)14-22-13-29(21(2)33-17-22)39-20-28(34-36-39)23-15-26(19-32-18-23)38-11-9-37(10-12-38)25-7-8-25/h13,15-20,25H,6-12,14H2,1-5H3. The molecule has 41 heavy (non-hydrogen) atoms. The first kappa shape index (κ1) is 27.3. The van der Waals surface area contributed by atoms with Gasteiger partial charge in [-0.15, -0.1) is 5.10 Å². The second-order valence-electron chi connectivity index (χ2n) is 12.2. The number of carbonyl (C=O) groups excluding carboxylic acids is 1. The third-order valence-corrected chi connectivity index (χ3v) is 8.05. The van der Waals surface area contributed by atoms with Gasteiger partial charge in [-0.3, -0.25) is 24.3 Å². The summed E-state index contributed by atoms with van der Waals surface area (Å²) in [5.74, 6) is -0.0283. The normalized spacial score (nSPS) is 16.4. The topological polar surface area (TPSA) is 97.9 Å². The molecule has 10 heteroatoms. The molecule has 0 unspecified atom stereocenters. The van der Waals surface area contributed by atoms with Crippen LogP contribution in [0.3, 0.4) is 0 Å². The number of carbonyl (C=O) groups is 1. The van der Waals surface area contributed by atoms with Crippen LogP contribution in [0.4, 0.5) is 5.69 Å². The number of aryl methyl sites for hydroxylation is 2. The number of ketones is 1. The molecule has 1 saturated heterocycles. The first-order valence-corrected chi connectivity index (χ1v) is 14.6. The minimum atomic E-state index is -0.187. The molecule has 0 amide bonds. The zero-order valence-electron chi connectivity index (χ0n) is 24.7. The Morgan fingerprint density at radius 1 is 1.02 bits per heavy atom. The molecule has 0 aromatic carbocycles. The fourth-order valence-corrected chi connectivity index (χ4v) is 5.60. The van der Waals surface area contributed by atoms with Crippen molar-refractivity contribution >= 4 is 11.5 Å². The van der Waals surface area contributed by atoms with Gasteiger partial charge in [0.1, 0.15) is 11.4 Å². The summed E-state index contributed by atoms with van der Waals surface area (Å²) in [6.07, 6.45) is 11.2. The lowest BCUT2D eigenvalue weighted by molar-refractivity contribution is 0.0986. The molecule has 0 N–H and O–H groups in total. The fourth-order valence-electron chi connectivity index (χ4n) is 5.60. The smallest absolute Gasteiger partial charge is 0.187 e. The Kier molecular flexibility index (Phi) is 7.19. The maximum absolute atomic E-state index is 13.2. The highest BCUT2D eigenvalue weighted by Crippen LogP contribution is 2.29. The first-order valence-electron chi connectivity index (χ1n) is 14.6. The molecule has 0 bridgehead atoms. The van der Waals surface area contributed by atoms with Crippen LogP contribution in [0.25, 0.3) is 16.9 Å². The molecule has 2 fully saturated rings. The summed E-state index contributed by atoms with van der Waals surface area (Å²) in [4.78, 5) is 27.3. The van der Waals surface area contributed by atoms with E-state index in [2.05, 4.69) is 68.9 Å². The number of rotatable bonds is 8. The zero-order chi connectivity index (χ0) is 28.7. The number of hydrogen-bond acceptors (Lipinski definition) is 8. The van der Waals surface area contributed by atoms with Crippen LogP contribution in [0.15, 0.2) is 43.0 Å². The minimum Gasteiger partial charge on any atom is -0.368 e.